The van der Waals surface area contributed by atoms with Gasteiger partial charge in [0.25, 0.3) is 22.2 Å². The van der Waals surface area contributed by atoms with E-state index in [2.05, 4.69) is 0 Å². The van der Waals surface area contributed by atoms with Crippen molar-refractivity contribution in [2.24, 2.45) is 11.8 Å². The Bertz CT molecular complexity index is 1100. The van der Waals surface area contributed by atoms with Gasteiger partial charge in [0, 0.05) is 0 Å². The number of aromatic nitrogens is 2. The molecule has 1 aromatic carbocycles. The lowest BCUT2D eigenvalue weighted by Crippen LogP contribution is -2.33. The van der Waals surface area contributed by atoms with Crippen molar-refractivity contribution in [2.75, 3.05) is 13.2 Å². The molecule has 0 radical (unpaired) electrons. The molecule has 3 rings (SSSR count). The molecule has 0 fully saturated rings. The second kappa shape index (κ2) is 8.28. The molecular formula is C22H28N2O6. The molecule has 30 heavy (non-hydrogen) atoms. The Morgan fingerprint density at radius 3 is 1.10 bits per heavy atom. The van der Waals surface area contributed by atoms with Gasteiger partial charge in [0.2, 0.25) is 0 Å². The number of aliphatic hydroxyl groups excluding tert-OH is 2. The van der Waals surface area contributed by atoms with Crippen LogP contribution in [0.4, 0.5) is 0 Å². The number of aliphatic hydroxyl groups is 2. The zero-order chi connectivity index (χ0) is 22.3. The number of rotatable bonds is 8. The molecular weight excluding hydrogens is 388 g/mol. The van der Waals surface area contributed by atoms with Crippen LogP contribution in [-0.4, -0.2) is 32.6 Å². The van der Waals surface area contributed by atoms with E-state index in [4.69, 9.17) is 0 Å². The molecule has 8 heteroatoms. The van der Waals surface area contributed by atoms with Crippen LogP contribution in [0.5, 0.6) is 0 Å². The van der Waals surface area contributed by atoms with Gasteiger partial charge in [-0.25, -0.2) is 0 Å². The number of hydrogen-bond acceptors (Lipinski definition) is 6. The van der Waals surface area contributed by atoms with Crippen molar-refractivity contribution in [1.82, 2.24) is 9.13 Å². The molecule has 0 aliphatic heterocycles. The quantitative estimate of drug-likeness (QED) is 0.567. The summed E-state index contributed by atoms with van der Waals surface area (Å²) < 4.78 is 2.06. The Kier molecular flexibility index (Phi) is 6.10. The van der Waals surface area contributed by atoms with Gasteiger partial charge in [0.1, 0.15) is 0 Å². The average molecular weight is 416 g/mol. The van der Waals surface area contributed by atoms with Crippen molar-refractivity contribution in [1.29, 1.82) is 0 Å². The van der Waals surface area contributed by atoms with Crippen LogP contribution in [0.2, 0.25) is 0 Å². The Hall–Kier alpha value is -2.58. The van der Waals surface area contributed by atoms with Crippen molar-refractivity contribution in [3.63, 3.8) is 0 Å². The van der Waals surface area contributed by atoms with Crippen LogP contribution in [0.15, 0.2) is 31.3 Å². The minimum atomic E-state index is -0.667. The first-order chi connectivity index (χ1) is 14.1. The van der Waals surface area contributed by atoms with E-state index >= 15 is 0 Å². The van der Waals surface area contributed by atoms with E-state index in [1.54, 1.807) is 0 Å². The van der Waals surface area contributed by atoms with Gasteiger partial charge in [-0.1, -0.05) is 27.7 Å². The second-order valence-electron chi connectivity index (χ2n) is 8.84. The summed E-state index contributed by atoms with van der Waals surface area (Å²) in [4.78, 5) is 51.8. The predicted octanol–water partition coefficient (Wildman–Crippen LogP) is 1.07. The maximum Gasteiger partial charge on any atom is 0.261 e. The molecule has 0 saturated carbocycles. The van der Waals surface area contributed by atoms with Gasteiger partial charge in [0.05, 0.1) is 46.8 Å². The summed E-state index contributed by atoms with van der Waals surface area (Å²) in [5.74, 6) is 0.314. The van der Waals surface area contributed by atoms with E-state index in [-0.39, 0.29) is 46.6 Å². The summed E-state index contributed by atoms with van der Waals surface area (Å²) in [6.45, 7) is 6.99. The minimum Gasteiger partial charge on any atom is -0.394 e. The summed E-state index contributed by atoms with van der Waals surface area (Å²) in [5, 5.41) is 19.7. The normalized spacial score (nSPS) is 14.4. The van der Waals surface area contributed by atoms with E-state index in [0.717, 1.165) is 9.13 Å². The first-order valence-corrected chi connectivity index (χ1v) is 10.3. The highest BCUT2D eigenvalue weighted by atomic mass is 16.3. The number of fused-ring (bicyclic) bond motifs is 2. The van der Waals surface area contributed by atoms with Crippen molar-refractivity contribution < 1.29 is 10.2 Å². The van der Waals surface area contributed by atoms with Gasteiger partial charge in [-0.3, -0.25) is 28.3 Å². The molecule has 8 nitrogen and oxygen atoms in total. The zero-order valence-electron chi connectivity index (χ0n) is 17.7. The topological polar surface area (TPSA) is 119 Å². The van der Waals surface area contributed by atoms with Crippen LogP contribution in [0.1, 0.15) is 52.6 Å². The Labute approximate surface area is 172 Å². The fourth-order valence-corrected chi connectivity index (χ4v) is 4.29. The standard InChI is InChI=1S/C22H28N2O6/c1-11(2)5-13(9-25)23-19(27)15-7-17-18(8-16(15)20(23)28)22(30)24(21(17)29)14(10-26)6-12(3)4/h7-8,11-14,25-26H,5-6,9-10H2,1-4H3. The predicted molar refractivity (Wildman–Crippen MR) is 116 cm³/mol. The summed E-state index contributed by atoms with van der Waals surface area (Å²) in [7, 11) is 0. The summed E-state index contributed by atoms with van der Waals surface area (Å²) in [6, 6.07) is 1.28. The first kappa shape index (κ1) is 22.1. The van der Waals surface area contributed by atoms with Gasteiger partial charge < -0.3 is 10.2 Å². The molecule has 0 bridgehead atoms. The smallest absolute Gasteiger partial charge is 0.261 e. The van der Waals surface area contributed by atoms with E-state index < -0.39 is 34.3 Å². The van der Waals surface area contributed by atoms with Crippen LogP contribution < -0.4 is 22.2 Å². The van der Waals surface area contributed by atoms with Gasteiger partial charge in [-0.05, 0) is 36.8 Å². The summed E-state index contributed by atoms with van der Waals surface area (Å²) >= 11 is 0. The minimum absolute atomic E-state index is 0.0633. The van der Waals surface area contributed by atoms with E-state index in [1.165, 1.54) is 12.1 Å². The van der Waals surface area contributed by atoms with Gasteiger partial charge in [0.15, 0.2) is 0 Å². The van der Waals surface area contributed by atoms with Gasteiger partial charge in [-0.15, -0.1) is 0 Å². The monoisotopic (exact) mass is 416 g/mol. The molecule has 0 aliphatic rings. The largest absolute Gasteiger partial charge is 0.394 e. The summed E-state index contributed by atoms with van der Waals surface area (Å²) in [5.41, 5.74) is -2.29. The molecule has 2 heterocycles. The third kappa shape index (κ3) is 3.54. The van der Waals surface area contributed by atoms with Crippen molar-refractivity contribution in [2.45, 2.75) is 52.6 Å². The number of nitrogens with zero attached hydrogens (tertiary/aromatic N) is 2. The highest BCUT2D eigenvalue weighted by Gasteiger charge is 2.25. The Morgan fingerprint density at radius 2 is 0.900 bits per heavy atom. The first-order valence-electron chi connectivity index (χ1n) is 10.3. The fraction of sp³-hybridized carbons (Fsp3) is 0.545. The van der Waals surface area contributed by atoms with Gasteiger partial charge in [-0.2, -0.15) is 0 Å². The molecule has 2 atom stereocenters. The third-order valence-corrected chi connectivity index (χ3v) is 5.59. The van der Waals surface area contributed by atoms with E-state index in [1.807, 2.05) is 27.7 Å². The van der Waals surface area contributed by atoms with Gasteiger partial charge >= 0.3 is 0 Å². The SMILES string of the molecule is CC(C)CC(CO)n1c(=O)c2cc3c(=O)n(C(CO)CC(C)C)c(=O)c3cc2c1=O. The third-order valence-electron chi connectivity index (χ3n) is 5.59. The molecule has 0 amide bonds. The fourth-order valence-electron chi connectivity index (χ4n) is 4.29. The molecule has 0 saturated heterocycles. The van der Waals surface area contributed by atoms with Crippen LogP contribution in [-0.2, 0) is 0 Å². The number of hydrogen-bond donors (Lipinski definition) is 2. The summed E-state index contributed by atoms with van der Waals surface area (Å²) in [6.07, 6.45) is 0.890. The van der Waals surface area contributed by atoms with Crippen LogP contribution >= 0.6 is 0 Å². The average Bonchev–Trinajstić information content (AvgIpc) is 3.07. The van der Waals surface area contributed by atoms with Crippen LogP contribution in [0.3, 0.4) is 0 Å². The lowest BCUT2D eigenvalue weighted by molar-refractivity contribution is 0.204. The zero-order valence-corrected chi connectivity index (χ0v) is 17.7. The molecule has 2 aromatic heterocycles. The Morgan fingerprint density at radius 1 is 0.633 bits per heavy atom. The maximum atomic E-state index is 12.9. The maximum absolute atomic E-state index is 12.9. The van der Waals surface area contributed by atoms with Crippen LogP contribution in [0, 0.1) is 11.8 Å². The van der Waals surface area contributed by atoms with E-state index in [9.17, 15) is 29.4 Å². The molecule has 162 valence electrons. The molecule has 2 N–H and O–H groups in total. The number of benzene rings is 1. The lowest BCUT2D eigenvalue weighted by Gasteiger charge is -2.16. The highest BCUT2D eigenvalue weighted by molar-refractivity contribution is 5.97. The molecule has 3 aromatic rings. The molecule has 2 unspecified atom stereocenters. The van der Waals surface area contributed by atoms with Crippen molar-refractivity contribution in [3.05, 3.63) is 53.5 Å². The van der Waals surface area contributed by atoms with Crippen molar-refractivity contribution >= 4 is 21.5 Å². The molecule has 0 spiro atoms. The van der Waals surface area contributed by atoms with Crippen molar-refractivity contribution in [3.8, 4) is 0 Å². The second-order valence-corrected chi connectivity index (χ2v) is 8.84. The highest BCUT2D eigenvalue weighted by Crippen LogP contribution is 2.21. The Balaban J connectivity index is 2.29. The van der Waals surface area contributed by atoms with Crippen LogP contribution in [0.25, 0.3) is 21.5 Å². The lowest BCUT2D eigenvalue weighted by atomic mass is 10.0. The molecule has 0 aliphatic carbocycles. The van der Waals surface area contributed by atoms with E-state index in [0.29, 0.717) is 12.8 Å².